The Balaban J connectivity index is 3.32. The summed E-state index contributed by atoms with van der Waals surface area (Å²) in [6.07, 6.45) is 1.62. The Morgan fingerprint density at radius 2 is 2.25 bits per heavy atom. The Bertz CT molecular complexity index is 323. The normalized spacial score (nSPS) is 10.9. The third kappa shape index (κ3) is 1.73. The zero-order chi connectivity index (χ0) is 9.14. The second kappa shape index (κ2) is 3.83. The van der Waals surface area contributed by atoms with Crippen molar-refractivity contribution in [1.29, 1.82) is 0 Å². The fraction of sp³-hybridized carbons (Fsp3) is 0.125. The van der Waals surface area contributed by atoms with Crippen LogP contribution in [0.15, 0.2) is 22.0 Å². The summed E-state index contributed by atoms with van der Waals surface area (Å²) < 4.78 is 0. The summed E-state index contributed by atoms with van der Waals surface area (Å²) in [6.45, 7) is 0. The zero-order valence-electron chi connectivity index (χ0n) is 6.58. The number of benzene rings is 1. The monoisotopic (exact) mass is 200 g/mol. The van der Waals surface area contributed by atoms with Crippen molar-refractivity contribution in [2.75, 3.05) is 12.8 Å². The van der Waals surface area contributed by atoms with E-state index in [2.05, 4.69) is 17.6 Å². The molecule has 2 N–H and O–H groups in total. The van der Waals surface area contributed by atoms with Crippen LogP contribution in [0.4, 0.5) is 5.69 Å². The van der Waals surface area contributed by atoms with Crippen molar-refractivity contribution in [2.24, 2.45) is 4.99 Å². The van der Waals surface area contributed by atoms with Gasteiger partial charge < -0.3 is 5.73 Å². The molecular weight excluding hydrogens is 192 g/mol. The number of halogens is 1. The average molecular weight is 201 g/mol. The van der Waals surface area contributed by atoms with Crippen molar-refractivity contribution in [1.82, 2.24) is 0 Å². The molecule has 0 fully saturated rings. The van der Waals surface area contributed by atoms with Gasteiger partial charge in [-0.3, -0.25) is 4.99 Å². The van der Waals surface area contributed by atoms with Crippen molar-refractivity contribution < 1.29 is 0 Å². The van der Waals surface area contributed by atoms with Crippen LogP contribution in [0.1, 0.15) is 5.56 Å². The van der Waals surface area contributed by atoms with Crippen molar-refractivity contribution in [2.45, 2.75) is 4.90 Å². The highest BCUT2D eigenvalue weighted by atomic mass is 35.5. The van der Waals surface area contributed by atoms with Crippen molar-refractivity contribution in [3.63, 3.8) is 0 Å². The van der Waals surface area contributed by atoms with Gasteiger partial charge in [0.25, 0.3) is 0 Å². The lowest BCUT2D eigenvalue weighted by molar-refractivity contribution is 1.42. The van der Waals surface area contributed by atoms with E-state index in [1.807, 2.05) is 0 Å². The lowest BCUT2D eigenvalue weighted by Gasteiger charge is -2.04. The van der Waals surface area contributed by atoms with Crippen molar-refractivity contribution >= 4 is 36.1 Å². The van der Waals surface area contributed by atoms with Crippen LogP contribution in [0.25, 0.3) is 0 Å². The standard InChI is InChI=1S/C8H9ClN2S/c1-11-4-5-6(10)2-3-7(12)8(5)9/h2-4,12H,10H2,1H3. The summed E-state index contributed by atoms with van der Waals surface area (Å²) >= 11 is 10.1. The molecule has 0 atom stereocenters. The van der Waals surface area contributed by atoms with Gasteiger partial charge in [0.2, 0.25) is 0 Å². The molecule has 0 aromatic heterocycles. The lowest BCUT2D eigenvalue weighted by Crippen LogP contribution is -1.94. The number of hydrogen-bond donors (Lipinski definition) is 2. The summed E-state index contributed by atoms with van der Waals surface area (Å²) in [5.74, 6) is 0. The van der Waals surface area contributed by atoms with E-state index >= 15 is 0 Å². The minimum absolute atomic E-state index is 0.545. The van der Waals surface area contributed by atoms with Crippen LogP contribution < -0.4 is 5.73 Å². The number of nitrogens with zero attached hydrogens (tertiary/aromatic N) is 1. The number of aliphatic imine (C=N–C) groups is 1. The molecule has 0 radical (unpaired) electrons. The Hall–Kier alpha value is -0.670. The summed E-state index contributed by atoms with van der Waals surface area (Å²) in [5.41, 5.74) is 7.01. The predicted molar refractivity (Wildman–Crippen MR) is 56.6 cm³/mol. The van der Waals surface area contributed by atoms with Crippen molar-refractivity contribution in [3.05, 3.63) is 22.7 Å². The van der Waals surface area contributed by atoms with Gasteiger partial charge in [0.05, 0.1) is 5.02 Å². The number of thiol groups is 1. The molecule has 0 saturated heterocycles. The molecule has 0 unspecified atom stereocenters. The largest absolute Gasteiger partial charge is 0.398 e. The molecule has 0 heterocycles. The van der Waals surface area contributed by atoms with Crippen molar-refractivity contribution in [3.8, 4) is 0 Å². The number of anilines is 1. The molecular formula is C8H9ClN2S. The first-order chi connectivity index (χ1) is 5.66. The Labute approximate surface area is 81.9 Å². The van der Waals surface area contributed by atoms with E-state index in [0.29, 0.717) is 15.6 Å². The highest BCUT2D eigenvalue weighted by molar-refractivity contribution is 7.80. The number of rotatable bonds is 1. The maximum atomic E-state index is 5.93. The van der Waals surface area contributed by atoms with Gasteiger partial charge in [0.1, 0.15) is 0 Å². The first-order valence-corrected chi connectivity index (χ1v) is 4.18. The highest BCUT2D eigenvalue weighted by Crippen LogP contribution is 2.27. The molecule has 0 aliphatic heterocycles. The third-order valence-electron chi connectivity index (χ3n) is 1.45. The molecule has 1 aromatic rings. The Morgan fingerprint density at radius 3 is 2.83 bits per heavy atom. The minimum Gasteiger partial charge on any atom is -0.398 e. The minimum atomic E-state index is 0.545. The van der Waals surface area contributed by atoms with E-state index < -0.39 is 0 Å². The molecule has 0 aliphatic carbocycles. The van der Waals surface area contributed by atoms with Gasteiger partial charge >= 0.3 is 0 Å². The molecule has 0 spiro atoms. The fourth-order valence-electron chi connectivity index (χ4n) is 0.857. The van der Waals surface area contributed by atoms with Gasteiger partial charge in [-0.15, -0.1) is 12.6 Å². The fourth-order valence-corrected chi connectivity index (χ4v) is 1.27. The number of nitrogen functional groups attached to an aromatic ring is 1. The maximum absolute atomic E-state index is 5.93. The third-order valence-corrected chi connectivity index (χ3v) is 2.36. The first kappa shape index (κ1) is 9.42. The lowest BCUT2D eigenvalue weighted by atomic mass is 10.2. The second-order valence-electron chi connectivity index (χ2n) is 2.29. The number of nitrogens with two attached hydrogens (primary N) is 1. The van der Waals surface area contributed by atoms with Gasteiger partial charge in [0.15, 0.2) is 0 Å². The molecule has 0 amide bonds. The van der Waals surface area contributed by atoms with Crippen LogP contribution in [0.3, 0.4) is 0 Å². The van der Waals surface area contributed by atoms with E-state index in [0.717, 1.165) is 5.56 Å². The van der Waals surface area contributed by atoms with Gasteiger partial charge in [0, 0.05) is 29.4 Å². The quantitative estimate of drug-likeness (QED) is 0.408. The SMILES string of the molecule is CN=Cc1c(N)ccc(S)c1Cl. The van der Waals surface area contributed by atoms with E-state index in [4.69, 9.17) is 17.3 Å². The van der Waals surface area contributed by atoms with E-state index in [1.54, 1.807) is 25.4 Å². The number of hydrogen-bond acceptors (Lipinski definition) is 3. The average Bonchev–Trinajstić information content (AvgIpc) is 2.06. The zero-order valence-corrected chi connectivity index (χ0v) is 8.23. The molecule has 0 aliphatic rings. The summed E-state index contributed by atoms with van der Waals surface area (Å²) in [5, 5.41) is 0.545. The Morgan fingerprint density at radius 1 is 1.58 bits per heavy atom. The molecule has 0 bridgehead atoms. The van der Waals surface area contributed by atoms with E-state index in [-0.39, 0.29) is 0 Å². The van der Waals surface area contributed by atoms with Crippen LogP contribution >= 0.6 is 24.2 Å². The second-order valence-corrected chi connectivity index (χ2v) is 3.15. The summed E-state index contributed by atoms with van der Waals surface area (Å²) in [7, 11) is 1.67. The van der Waals surface area contributed by atoms with Crippen LogP contribution in [-0.4, -0.2) is 13.3 Å². The maximum Gasteiger partial charge on any atom is 0.0647 e. The topological polar surface area (TPSA) is 38.4 Å². The summed E-state index contributed by atoms with van der Waals surface area (Å²) in [4.78, 5) is 4.55. The smallest absolute Gasteiger partial charge is 0.0647 e. The van der Waals surface area contributed by atoms with Crippen LogP contribution in [0.2, 0.25) is 5.02 Å². The molecule has 4 heteroatoms. The molecule has 1 aromatic carbocycles. The molecule has 0 saturated carbocycles. The first-order valence-electron chi connectivity index (χ1n) is 3.36. The van der Waals surface area contributed by atoms with Crippen LogP contribution in [0, 0.1) is 0 Å². The highest BCUT2D eigenvalue weighted by Gasteiger charge is 2.04. The van der Waals surface area contributed by atoms with E-state index in [9.17, 15) is 0 Å². The van der Waals surface area contributed by atoms with Gasteiger partial charge in [-0.2, -0.15) is 0 Å². The summed E-state index contributed by atoms with van der Waals surface area (Å²) in [6, 6.07) is 3.51. The molecule has 2 nitrogen and oxygen atoms in total. The molecule has 12 heavy (non-hydrogen) atoms. The van der Waals surface area contributed by atoms with E-state index in [1.165, 1.54) is 0 Å². The van der Waals surface area contributed by atoms with Crippen LogP contribution in [0.5, 0.6) is 0 Å². The van der Waals surface area contributed by atoms with Gasteiger partial charge in [-0.25, -0.2) is 0 Å². The van der Waals surface area contributed by atoms with Gasteiger partial charge in [-0.05, 0) is 12.1 Å². The predicted octanol–water partition coefficient (Wildman–Crippen LogP) is 2.26. The van der Waals surface area contributed by atoms with Gasteiger partial charge in [-0.1, -0.05) is 11.6 Å². The molecule has 1 rings (SSSR count). The molecule has 64 valence electrons. The van der Waals surface area contributed by atoms with Crippen LogP contribution in [-0.2, 0) is 0 Å². The Kier molecular flexibility index (Phi) is 3.00.